The van der Waals surface area contributed by atoms with Crippen LogP contribution in [0.4, 0.5) is 0 Å². The average molecular weight is 349 g/mol. The van der Waals surface area contributed by atoms with Gasteiger partial charge in [0.05, 0.1) is 5.97 Å². The van der Waals surface area contributed by atoms with Crippen molar-refractivity contribution in [2.75, 3.05) is 0 Å². The molecule has 0 atom stereocenters. The molecule has 1 rings (SSSR count). The van der Waals surface area contributed by atoms with E-state index in [1.54, 1.807) is 12.1 Å². The maximum absolute atomic E-state index is 10.4. The Labute approximate surface area is 114 Å². The largest absolute Gasteiger partial charge is 1.00 e. The van der Waals surface area contributed by atoms with Gasteiger partial charge in [-0.15, -0.1) is 0 Å². The SMILES string of the molecule is O=C([O-])c1cccc(Br)c1I.[Na+]. The van der Waals surface area contributed by atoms with Crippen LogP contribution in [0.3, 0.4) is 0 Å². The molecule has 0 radical (unpaired) electrons. The third-order valence-corrected chi connectivity index (χ3v) is 3.74. The fourth-order valence-electron chi connectivity index (χ4n) is 0.661. The molecule has 0 spiro atoms. The van der Waals surface area contributed by atoms with E-state index in [1.165, 1.54) is 6.07 Å². The third-order valence-electron chi connectivity index (χ3n) is 1.17. The number of rotatable bonds is 1. The Morgan fingerprint density at radius 1 is 1.50 bits per heavy atom. The molecule has 1 aromatic carbocycles. The van der Waals surface area contributed by atoms with Gasteiger partial charge in [0.25, 0.3) is 0 Å². The van der Waals surface area contributed by atoms with Crippen molar-refractivity contribution >= 4 is 44.5 Å². The van der Waals surface area contributed by atoms with Gasteiger partial charge >= 0.3 is 29.6 Å². The van der Waals surface area contributed by atoms with Crippen molar-refractivity contribution in [3.05, 3.63) is 31.8 Å². The van der Waals surface area contributed by atoms with Gasteiger partial charge in [-0.25, -0.2) is 0 Å². The molecule has 0 aliphatic heterocycles. The number of carboxylic acid groups (broad SMARTS) is 1. The second-order valence-electron chi connectivity index (χ2n) is 1.89. The van der Waals surface area contributed by atoms with Crippen molar-refractivity contribution in [1.82, 2.24) is 0 Å². The molecule has 2 nitrogen and oxygen atoms in total. The molecule has 12 heavy (non-hydrogen) atoms. The van der Waals surface area contributed by atoms with Gasteiger partial charge in [0.15, 0.2) is 0 Å². The molecule has 0 aliphatic carbocycles. The summed E-state index contributed by atoms with van der Waals surface area (Å²) in [7, 11) is 0. The summed E-state index contributed by atoms with van der Waals surface area (Å²) in [5.41, 5.74) is 0.222. The van der Waals surface area contributed by atoms with Crippen LogP contribution in [0.2, 0.25) is 0 Å². The van der Waals surface area contributed by atoms with Gasteiger partial charge in [0.2, 0.25) is 0 Å². The Bertz CT molecular complexity index is 303. The zero-order chi connectivity index (χ0) is 8.43. The van der Waals surface area contributed by atoms with Gasteiger partial charge < -0.3 is 9.90 Å². The van der Waals surface area contributed by atoms with Crippen molar-refractivity contribution < 1.29 is 39.5 Å². The molecule has 58 valence electrons. The molecular weight excluding hydrogens is 346 g/mol. The van der Waals surface area contributed by atoms with Gasteiger partial charge in [-0.2, -0.15) is 0 Å². The zero-order valence-electron chi connectivity index (χ0n) is 6.30. The molecule has 0 aliphatic rings. The molecule has 5 heteroatoms. The van der Waals surface area contributed by atoms with E-state index in [2.05, 4.69) is 15.9 Å². The van der Waals surface area contributed by atoms with E-state index in [4.69, 9.17) is 0 Å². The van der Waals surface area contributed by atoms with Crippen LogP contribution in [0.15, 0.2) is 22.7 Å². The van der Waals surface area contributed by atoms with E-state index < -0.39 is 5.97 Å². The van der Waals surface area contributed by atoms with E-state index in [1.807, 2.05) is 22.6 Å². The van der Waals surface area contributed by atoms with E-state index in [0.717, 1.165) is 4.47 Å². The van der Waals surface area contributed by atoms with Crippen molar-refractivity contribution in [3.63, 3.8) is 0 Å². The smallest absolute Gasteiger partial charge is 0.545 e. The van der Waals surface area contributed by atoms with Gasteiger partial charge in [-0.1, -0.05) is 12.1 Å². The second-order valence-corrected chi connectivity index (χ2v) is 3.82. The Kier molecular flexibility index (Phi) is 6.01. The first-order valence-electron chi connectivity index (χ1n) is 2.78. The summed E-state index contributed by atoms with van der Waals surface area (Å²) in [5, 5.41) is 10.4. The third kappa shape index (κ3) is 2.99. The van der Waals surface area contributed by atoms with Crippen LogP contribution in [0.1, 0.15) is 10.4 Å². The Balaban J connectivity index is 0.00000121. The van der Waals surface area contributed by atoms with Crippen LogP contribution < -0.4 is 34.7 Å². The average Bonchev–Trinajstić information content (AvgIpc) is 1.94. The summed E-state index contributed by atoms with van der Waals surface area (Å²) < 4.78 is 1.45. The number of benzene rings is 1. The van der Waals surface area contributed by atoms with Crippen LogP contribution in [0.25, 0.3) is 0 Å². The standard InChI is InChI=1S/C7H4BrIO2.Na/c8-5-3-1-2-4(6(5)9)7(10)11;/h1-3H,(H,10,11);/q;+1/p-1. The fourth-order valence-corrected chi connectivity index (χ4v) is 1.61. The van der Waals surface area contributed by atoms with Crippen molar-refractivity contribution in [3.8, 4) is 0 Å². The number of halogens is 2. The predicted octanol–water partition coefficient (Wildman–Crippen LogP) is -1.58. The molecule has 1 aromatic rings. The number of hydrogen-bond acceptors (Lipinski definition) is 2. The molecule has 0 bridgehead atoms. The Morgan fingerprint density at radius 2 is 2.08 bits per heavy atom. The van der Waals surface area contributed by atoms with Crippen LogP contribution in [0, 0.1) is 3.57 Å². The zero-order valence-corrected chi connectivity index (χ0v) is 12.0. The van der Waals surface area contributed by atoms with Crippen LogP contribution >= 0.6 is 38.5 Å². The van der Waals surface area contributed by atoms with Crippen LogP contribution in [-0.2, 0) is 0 Å². The minimum absolute atomic E-state index is 0. The maximum atomic E-state index is 10.4. The summed E-state index contributed by atoms with van der Waals surface area (Å²) in [6.45, 7) is 0. The molecule has 0 fully saturated rings. The summed E-state index contributed by atoms with van der Waals surface area (Å²) in [5.74, 6) is -1.14. The van der Waals surface area contributed by atoms with Gasteiger partial charge in [0.1, 0.15) is 0 Å². The monoisotopic (exact) mass is 348 g/mol. The van der Waals surface area contributed by atoms with E-state index >= 15 is 0 Å². The Hall–Kier alpha value is 0.900. The molecule has 0 N–H and O–H groups in total. The molecule has 0 amide bonds. The number of carboxylic acids is 1. The fraction of sp³-hybridized carbons (Fsp3) is 0. The number of carbonyl (C=O) groups excluding carboxylic acids is 1. The van der Waals surface area contributed by atoms with E-state index in [-0.39, 0.29) is 35.1 Å². The maximum Gasteiger partial charge on any atom is 1.00 e. The van der Waals surface area contributed by atoms with Crippen molar-refractivity contribution in [2.24, 2.45) is 0 Å². The summed E-state index contributed by atoms with van der Waals surface area (Å²) >= 11 is 5.17. The minimum Gasteiger partial charge on any atom is -0.545 e. The van der Waals surface area contributed by atoms with Gasteiger partial charge in [-0.05, 0) is 44.6 Å². The number of carbonyl (C=O) groups is 1. The van der Waals surface area contributed by atoms with Gasteiger partial charge in [-0.3, -0.25) is 0 Å². The second kappa shape index (κ2) is 5.59. The van der Waals surface area contributed by atoms with E-state index in [9.17, 15) is 9.90 Å². The van der Waals surface area contributed by atoms with E-state index in [0.29, 0.717) is 3.57 Å². The molecule has 0 unspecified atom stereocenters. The predicted molar refractivity (Wildman–Crippen MR) is 51.2 cm³/mol. The first-order valence-corrected chi connectivity index (χ1v) is 4.65. The molecule has 0 aromatic heterocycles. The summed E-state index contributed by atoms with van der Waals surface area (Å²) in [6, 6.07) is 4.97. The van der Waals surface area contributed by atoms with Crippen LogP contribution in [-0.4, -0.2) is 5.97 Å². The molecular formula is C7H3BrINaO2. The quantitative estimate of drug-likeness (QED) is 0.454. The normalized spacial score (nSPS) is 8.83. The summed E-state index contributed by atoms with van der Waals surface area (Å²) in [6.07, 6.45) is 0. The summed E-state index contributed by atoms with van der Waals surface area (Å²) in [4.78, 5) is 10.4. The van der Waals surface area contributed by atoms with Crippen molar-refractivity contribution in [1.29, 1.82) is 0 Å². The topological polar surface area (TPSA) is 40.1 Å². The number of hydrogen-bond donors (Lipinski definition) is 0. The van der Waals surface area contributed by atoms with Crippen molar-refractivity contribution in [2.45, 2.75) is 0 Å². The molecule has 0 heterocycles. The Morgan fingerprint density at radius 3 is 2.50 bits per heavy atom. The minimum atomic E-state index is -1.14. The first kappa shape index (κ1) is 12.9. The van der Waals surface area contributed by atoms with Gasteiger partial charge in [0, 0.05) is 13.6 Å². The number of aromatic carboxylic acids is 1. The first-order chi connectivity index (χ1) is 5.13. The molecule has 0 saturated heterocycles. The van der Waals surface area contributed by atoms with Crippen LogP contribution in [0.5, 0.6) is 0 Å². The molecule has 0 saturated carbocycles.